The van der Waals surface area contributed by atoms with E-state index in [9.17, 15) is 4.79 Å². The average molecular weight is 245 g/mol. The fraction of sp³-hybridized carbons (Fsp3) is 0.533. The van der Waals surface area contributed by atoms with Crippen molar-refractivity contribution in [3.8, 4) is 5.75 Å². The van der Waals surface area contributed by atoms with Crippen LogP contribution in [-0.4, -0.2) is 17.6 Å². The van der Waals surface area contributed by atoms with Crippen molar-refractivity contribution in [3.63, 3.8) is 0 Å². The highest BCUT2D eigenvalue weighted by Crippen LogP contribution is 2.50. The zero-order valence-corrected chi connectivity index (χ0v) is 11.1. The molecule has 2 atom stereocenters. The highest BCUT2D eigenvalue weighted by atomic mass is 16.5. The summed E-state index contributed by atoms with van der Waals surface area (Å²) in [4.78, 5) is 11.8. The van der Waals surface area contributed by atoms with Crippen LogP contribution in [0.5, 0.6) is 5.75 Å². The molecule has 1 aromatic carbocycles. The monoisotopic (exact) mass is 245 g/mol. The molecule has 96 valence electrons. The van der Waals surface area contributed by atoms with Crippen LogP contribution in [0.25, 0.3) is 0 Å². The van der Waals surface area contributed by atoms with Gasteiger partial charge in [0.2, 0.25) is 5.91 Å². The number of nitrogens with one attached hydrogen (secondary N) is 1. The van der Waals surface area contributed by atoms with E-state index in [1.54, 1.807) is 0 Å². The van der Waals surface area contributed by atoms with Gasteiger partial charge in [-0.15, -0.1) is 0 Å². The van der Waals surface area contributed by atoms with Crippen molar-refractivity contribution in [2.24, 2.45) is 0 Å². The molecule has 0 aliphatic carbocycles. The Morgan fingerprint density at radius 2 is 2.06 bits per heavy atom. The maximum atomic E-state index is 11.8. The molecular formula is C15H19NO2. The third-order valence-corrected chi connectivity index (χ3v) is 4.23. The van der Waals surface area contributed by atoms with E-state index in [4.69, 9.17) is 4.74 Å². The molecule has 3 rings (SSSR count). The van der Waals surface area contributed by atoms with Crippen LogP contribution in [0.15, 0.2) is 24.3 Å². The first-order chi connectivity index (χ1) is 8.43. The van der Waals surface area contributed by atoms with Gasteiger partial charge in [-0.05, 0) is 33.3 Å². The van der Waals surface area contributed by atoms with Gasteiger partial charge in [-0.3, -0.25) is 4.79 Å². The fourth-order valence-electron chi connectivity index (χ4n) is 3.57. The van der Waals surface area contributed by atoms with E-state index in [2.05, 4.69) is 32.2 Å². The Balaban J connectivity index is 2.18. The number of carbonyl (C=O) groups excluding carboxylic acids is 1. The molecule has 1 N–H and O–H groups in total. The Labute approximate surface area is 108 Å². The van der Waals surface area contributed by atoms with Crippen LogP contribution in [0.2, 0.25) is 0 Å². The summed E-state index contributed by atoms with van der Waals surface area (Å²) < 4.78 is 6.05. The maximum absolute atomic E-state index is 11.8. The summed E-state index contributed by atoms with van der Waals surface area (Å²) in [6, 6.07) is 8.28. The van der Waals surface area contributed by atoms with Crippen molar-refractivity contribution in [2.45, 2.75) is 50.7 Å². The van der Waals surface area contributed by atoms with E-state index in [1.165, 1.54) is 5.56 Å². The van der Waals surface area contributed by atoms with Gasteiger partial charge < -0.3 is 10.1 Å². The van der Waals surface area contributed by atoms with Crippen LogP contribution < -0.4 is 10.1 Å². The smallest absolute Gasteiger partial charge is 0.221 e. The van der Waals surface area contributed by atoms with E-state index >= 15 is 0 Å². The average Bonchev–Trinajstić information content (AvgIpc) is 2.52. The van der Waals surface area contributed by atoms with Gasteiger partial charge in [0.15, 0.2) is 0 Å². The number of hydrogen-bond acceptors (Lipinski definition) is 2. The lowest BCUT2D eigenvalue weighted by Gasteiger charge is -2.45. The molecular weight excluding hydrogens is 226 g/mol. The summed E-state index contributed by atoms with van der Waals surface area (Å²) >= 11 is 0. The van der Waals surface area contributed by atoms with Crippen LogP contribution >= 0.6 is 0 Å². The molecule has 0 aromatic heterocycles. The van der Waals surface area contributed by atoms with Crippen molar-refractivity contribution in [1.29, 1.82) is 0 Å². The maximum Gasteiger partial charge on any atom is 0.221 e. The predicted octanol–water partition coefficient (Wildman–Crippen LogP) is 2.39. The summed E-state index contributed by atoms with van der Waals surface area (Å²) in [6.07, 6.45) is 1.44. The number of amides is 1. The molecule has 2 heterocycles. The van der Waals surface area contributed by atoms with Gasteiger partial charge in [0, 0.05) is 23.4 Å². The quantitative estimate of drug-likeness (QED) is 0.762. The van der Waals surface area contributed by atoms with Gasteiger partial charge in [0.1, 0.15) is 11.4 Å². The molecule has 1 amide bonds. The lowest BCUT2D eigenvalue weighted by atomic mass is 9.66. The summed E-state index contributed by atoms with van der Waals surface area (Å²) in [5.41, 5.74) is 0.833. The van der Waals surface area contributed by atoms with E-state index in [-0.39, 0.29) is 23.0 Å². The standard InChI is InChI=1S/C15H19NO2/c1-10-15(8-13(17)16-10)9-14(2,3)18-12-7-5-4-6-11(12)15/h4-7,10H,8-9H2,1-3H3,(H,16,17). The third-order valence-electron chi connectivity index (χ3n) is 4.23. The number of hydrogen-bond donors (Lipinski definition) is 1. The van der Waals surface area contributed by atoms with Crippen LogP contribution in [0.1, 0.15) is 39.2 Å². The third kappa shape index (κ3) is 1.53. The number of benzene rings is 1. The molecule has 3 heteroatoms. The first-order valence-electron chi connectivity index (χ1n) is 6.51. The second-order valence-corrected chi connectivity index (χ2v) is 6.16. The lowest BCUT2D eigenvalue weighted by molar-refractivity contribution is -0.119. The molecule has 18 heavy (non-hydrogen) atoms. The minimum absolute atomic E-state index is 0.116. The van der Waals surface area contributed by atoms with Crippen molar-refractivity contribution >= 4 is 5.91 Å². The Kier molecular flexibility index (Phi) is 2.25. The number of rotatable bonds is 0. The molecule has 2 aliphatic rings. The minimum Gasteiger partial charge on any atom is -0.488 e. The minimum atomic E-state index is -0.227. The number of carbonyl (C=O) groups is 1. The van der Waals surface area contributed by atoms with Crippen molar-refractivity contribution < 1.29 is 9.53 Å². The summed E-state index contributed by atoms with van der Waals surface area (Å²) in [6.45, 7) is 6.30. The molecule has 0 radical (unpaired) electrons. The van der Waals surface area contributed by atoms with E-state index in [0.29, 0.717) is 6.42 Å². The van der Waals surface area contributed by atoms with E-state index in [1.807, 2.05) is 18.2 Å². The van der Waals surface area contributed by atoms with E-state index < -0.39 is 0 Å². The summed E-state index contributed by atoms with van der Waals surface area (Å²) in [5, 5.41) is 3.06. The Morgan fingerprint density at radius 3 is 2.72 bits per heavy atom. The molecule has 1 fully saturated rings. The molecule has 0 bridgehead atoms. The number of para-hydroxylation sites is 1. The first-order valence-corrected chi connectivity index (χ1v) is 6.51. The second-order valence-electron chi connectivity index (χ2n) is 6.16. The van der Waals surface area contributed by atoms with Gasteiger partial charge >= 0.3 is 0 Å². The van der Waals surface area contributed by atoms with Gasteiger partial charge in [0.05, 0.1) is 0 Å². The predicted molar refractivity (Wildman–Crippen MR) is 69.7 cm³/mol. The Bertz CT molecular complexity index is 509. The molecule has 1 aromatic rings. The number of ether oxygens (including phenoxy) is 1. The van der Waals surface area contributed by atoms with Crippen LogP contribution in [0.3, 0.4) is 0 Å². The van der Waals surface area contributed by atoms with Gasteiger partial charge in [-0.1, -0.05) is 18.2 Å². The molecule has 1 spiro atoms. The zero-order valence-electron chi connectivity index (χ0n) is 11.1. The highest BCUT2D eigenvalue weighted by Gasteiger charge is 2.53. The molecule has 1 saturated heterocycles. The SMILES string of the molecule is CC1NC(=O)CC12CC(C)(C)Oc1ccccc12. The normalized spacial score (nSPS) is 32.8. The van der Waals surface area contributed by atoms with Crippen molar-refractivity contribution in [3.05, 3.63) is 29.8 Å². The molecule has 3 nitrogen and oxygen atoms in total. The van der Waals surface area contributed by atoms with Gasteiger partial charge in [-0.25, -0.2) is 0 Å². The van der Waals surface area contributed by atoms with Gasteiger partial charge in [-0.2, -0.15) is 0 Å². The Hall–Kier alpha value is -1.51. The second kappa shape index (κ2) is 3.50. The van der Waals surface area contributed by atoms with Crippen LogP contribution in [0, 0.1) is 0 Å². The van der Waals surface area contributed by atoms with Crippen molar-refractivity contribution in [2.75, 3.05) is 0 Å². The van der Waals surface area contributed by atoms with Crippen LogP contribution in [0.4, 0.5) is 0 Å². The topological polar surface area (TPSA) is 38.3 Å². The number of fused-ring (bicyclic) bond motifs is 2. The fourth-order valence-corrected chi connectivity index (χ4v) is 3.57. The van der Waals surface area contributed by atoms with Gasteiger partial charge in [0.25, 0.3) is 0 Å². The summed E-state index contributed by atoms with van der Waals surface area (Å²) in [7, 11) is 0. The summed E-state index contributed by atoms with van der Waals surface area (Å²) in [5.74, 6) is 1.08. The molecule has 2 unspecified atom stereocenters. The largest absolute Gasteiger partial charge is 0.488 e. The Morgan fingerprint density at radius 1 is 1.33 bits per heavy atom. The van der Waals surface area contributed by atoms with Crippen LogP contribution in [-0.2, 0) is 10.2 Å². The molecule has 2 aliphatic heterocycles. The van der Waals surface area contributed by atoms with E-state index in [0.717, 1.165) is 12.2 Å². The first kappa shape index (κ1) is 11.6. The molecule has 0 saturated carbocycles. The van der Waals surface area contributed by atoms with Crippen molar-refractivity contribution in [1.82, 2.24) is 5.32 Å². The lowest BCUT2D eigenvalue weighted by Crippen LogP contribution is -2.49. The zero-order chi connectivity index (χ0) is 13.0. The highest BCUT2D eigenvalue weighted by molar-refractivity contribution is 5.82.